The predicted molar refractivity (Wildman–Crippen MR) is 137 cm³/mol. The van der Waals surface area contributed by atoms with Crippen LogP contribution in [0.3, 0.4) is 0 Å². The predicted octanol–water partition coefficient (Wildman–Crippen LogP) is -1.15. The number of nitrogens with two attached hydrogens (primary N) is 2. The maximum Gasteiger partial charge on any atom is 0.416 e. The Balaban J connectivity index is 1.32. The maximum absolute atomic E-state index is 13.0. The number of alkyl halides is 3. The molecule has 0 aliphatic carbocycles. The van der Waals surface area contributed by atoms with Gasteiger partial charge in [0.2, 0.25) is 17.4 Å². The molecule has 5 rings (SSSR count). The monoisotopic (exact) mass is 576 g/mol. The Morgan fingerprint density at radius 2 is 1.98 bits per heavy atom. The number of likely N-dealkylation sites (tertiary alicyclic amines) is 1. The van der Waals surface area contributed by atoms with E-state index in [4.69, 9.17) is 22.6 Å². The normalized spacial score (nSPS) is 30.7. The topological polar surface area (TPSA) is 188 Å². The van der Waals surface area contributed by atoms with Gasteiger partial charge in [-0.3, -0.25) is 14.5 Å². The van der Waals surface area contributed by atoms with E-state index in [1.54, 1.807) is 0 Å². The first-order valence-corrected chi connectivity index (χ1v) is 12.7. The molecule has 4 aliphatic rings. The minimum absolute atomic E-state index is 0.0590. The highest BCUT2D eigenvalue weighted by molar-refractivity contribution is 6.02. The number of carbonyl (C=O) groups is 3. The van der Waals surface area contributed by atoms with Gasteiger partial charge in [0.15, 0.2) is 23.7 Å². The van der Waals surface area contributed by atoms with Crippen molar-refractivity contribution in [1.29, 1.82) is 0 Å². The van der Waals surface area contributed by atoms with Crippen LogP contribution >= 0.6 is 0 Å². The number of terminal acetylenes is 1. The summed E-state index contributed by atoms with van der Waals surface area (Å²) in [5.74, 6) is 1.28. The van der Waals surface area contributed by atoms with E-state index >= 15 is 0 Å². The summed E-state index contributed by atoms with van der Waals surface area (Å²) >= 11 is 0. The summed E-state index contributed by atoms with van der Waals surface area (Å²) in [7, 11) is 0. The molecular formula is C25H27F3N8O5. The number of alkyl carbamates (subject to hydrolysis) is 1. The van der Waals surface area contributed by atoms with Crippen LogP contribution in [0.5, 0.6) is 0 Å². The van der Waals surface area contributed by atoms with Gasteiger partial charge < -0.3 is 36.8 Å². The average molecular weight is 577 g/mol. The molecule has 1 spiro atoms. The van der Waals surface area contributed by atoms with Crippen LogP contribution in [0.25, 0.3) is 0 Å². The first-order valence-electron chi connectivity index (χ1n) is 12.7. The molecule has 3 amide bonds. The number of aliphatic imine (C=N–C) groups is 2. The van der Waals surface area contributed by atoms with Crippen molar-refractivity contribution in [2.24, 2.45) is 21.5 Å². The molecule has 16 heteroatoms. The number of hydrogen-bond acceptors (Lipinski definition) is 11. The zero-order valence-electron chi connectivity index (χ0n) is 21.5. The highest BCUT2D eigenvalue weighted by Crippen LogP contribution is 2.47. The minimum atomic E-state index is -4.50. The third-order valence-electron chi connectivity index (χ3n) is 7.72. The first-order chi connectivity index (χ1) is 19.3. The largest absolute Gasteiger partial charge is 0.440 e. The van der Waals surface area contributed by atoms with Crippen molar-refractivity contribution in [3.8, 4) is 12.3 Å². The van der Waals surface area contributed by atoms with Gasteiger partial charge in [0.1, 0.15) is 6.04 Å². The van der Waals surface area contributed by atoms with Crippen LogP contribution in [0.4, 0.5) is 18.0 Å². The van der Waals surface area contributed by atoms with Crippen LogP contribution in [0.1, 0.15) is 24.0 Å². The van der Waals surface area contributed by atoms with Gasteiger partial charge in [0, 0.05) is 19.4 Å². The summed E-state index contributed by atoms with van der Waals surface area (Å²) in [6, 6.07) is 2.73. The molecule has 2 fully saturated rings. The molecule has 4 heterocycles. The Kier molecular flexibility index (Phi) is 6.72. The van der Waals surface area contributed by atoms with Gasteiger partial charge in [-0.1, -0.05) is 24.1 Å². The molecule has 1 aromatic rings. The van der Waals surface area contributed by atoms with Crippen LogP contribution in [0, 0.1) is 12.3 Å². The molecule has 7 N–H and O–H groups in total. The van der Waals surface area contributed by atoms with Gasteiger partial charge in [0.25, 0.3) is 0 Å². The van der Waals surface area contributed by atoms with Gasteiger partial charge in [-0.25, -0.2) is 14.8 Å². The molecule has 2 saturated heterocycles. The second-order valence-electron chi connectivity index (χ2n) is 10.1. The number of nitrogens with one attached hydrogen (secondary N) is 2. The van der Waals surface area contributed by atoms with Crippen molar-refractivity contribution in [3.05, 3.63) is 35.4 Å². The van der Waals surface area contributed by atoms with E-state index in [1.807, 2.05) is 0 Å². The summed E-state index contributed by atoms with van der Waals surface area (Å²) in [5, 5.41) is 17.2. The summed E-state index contributed by atoms with van der Waals surface area (Å²) in [4.78, 5) is 48.4. The second-order valence-corrected chi connectivity index (χ2v) is 10.1. The lowest BCUT2D eigenvalue weighted by molar-refractivity contribution is -0.139. The van der Waals surface area contributed by atoms with E-state index in [0.717, 1.165) is 17.0 Å². The van der Waals surface area contributed by atoms with Crippen molar-refractivity contribution >= 4 is 29.8 Å². The lowest BCUT2D eigenvalue weighted by Gasteiger charge is -2.49. The highest BCUT2D eigenvalue weighted by Gasteiger charge is 2.74. The Morgan fingerprint density at radius 1 is 1.27 bits per heavy atom. The van der Waals surface area contributed by atoms with E-state index < -0.39 is 47.3 Å². The lowest BCUT2D eigenvalue weighted by Crippen LogP contribution is -2.77. The molecule has 0 radical (unpaired) electrons. The average Bonchev–Trinajstić information content (AvgIpc) is 3.51. The fraction of sp³-hybridized carbons (Fsp3) is 0.480. The molecule has 41 heavy (non-hydrogen) atoms. The van der Waals surface area contributed by atoms with E-state index in [2.05, 4.69) is 26.5 Å². The number of benzene rings is 1. The molecule has 4 aliphatic heterocycles. The molecule has 1 aromatic carbocycles. The Morgan fingerprint density at radius 3 is 2.63 bits per heavy atom. The number of guanidine groups is 2. The van der Waals surface area contributed by atoms with Crippen molar-refractivity contribution in [2.75, 3.05) is 19.6 Å². The van der Waals surface area contributed by atoms with Crippen molar-refractivity contribution < 1.29 is 37.4 Å². The fourth-order valence-electron chi connectivity index (χ4n) is 5.80. The SMILES string of the molecule is C#C[C@@]1(O)[C@@H](OC(=O)NCCc2cccc(C(F)(F)F)c2)CN2C(N)=N[C@@H](CN3C(=O)CCC3=O)C3N=C(N)NC321. The summed E-state index contributed by atoms with van der Waals surface area (Å²) in [6.45, 7) is -0.479. The number of hydrogen-bond donors (Lipinski definition) is 5. The van der Waals surface area contributed by atoms with Gasteiger partial charge >= 0.3 is 12.3 Å². The Hall–Kier alpha value is -4.52. The molecule has 0 aromatic heterocycles. The van der Waals surface area contributed by atoms with Gasteiger partial charge in [0.05, 0.1) is 24.7 Å². The van der Waals surface area contributed by atoms with Crippen LogP contribution in [0.2, 0.25) is 0 Å². The molecular weight excluding hydrogens is 549 g/mol. The molecule has 0 bridgehead atoms. The number of amides is 3. The van der Waals surface area contributed by atoms with Gasteiger partial charge in [-0.2, -0.15) is 13.2 Å². The molecule has 13 nitrogen and oxygen atoms in total. The second kappa shape index (κ2) is 9.84. The number of imide groups is 1. The lowest BCUT2D eigenvalue weighted by atomic mass is 9.78. The van der Waals surface area contributed by atoms with Gasteiger partial charge in [-0.05, 0) is 18.1 Å². The zero-order valence-corrected chi connectivity index (χ0v) is 21.5. The molecule has 218 valence electrons. The Labute approximate surface area is 231 Å². The van der Waals surface area contributed by atoms with E-state index in [9.17, 15) is 32.7 Å². The van der Waals surface area contributed by atoms with Crippen molar-refractivity contribution in [1.82, 2.24) is 20.4 Å². The van der Waals surface area contributed by atoms with Crippen LogP contribution in [-0.4, -0.2) is 93.8 Å². The van der Waals surface area contributed by atoms with E-state index in [-0.39, 0.29) is 62.6 Å². The summed E-state index contributed by atoms with van der Waals surface area (Å²) in [6.07, 6.45) is -0.891. The third kappa shape index (κ3) is 4.55. The third-order valence-corrected chi connectivity index (χ3v) is 7.72. The van der Waals surface area contributed by atoms with Crippen LogP contribution in [0.15, 0.2) is 34.3 Å². The standard InChI is InChI=1S/C25H27F3N8O5/c1-2-23(40)16(41-22(39)31-9-8-13-4-3-5-14(10-13)25(26,27)28)12-36-21(30)32-15(11-35-17(37)6-7-18(35)38)19-24(23,36)34-20(29)33-19/h1,3-5,10,15-16,19,40H,6-9,11-12H2,(H2,30,32)(H,31,39)(H3,29,33,34)/t15-,16-,19?,23+,24?/m0/s1. The fourth-order valence-corrected chi connectivity index (χ4v) is 5.80. The highest BCUT2D eigenvalue weighted by atomic mass is 19.4. The quantitative estimate of drug-likeness (QED) is 0.206. The first kappa shape index (κ1) is 28.0. The maximum atomic E-state index is 13.0. The summed E-state index contributed by atoms with van der Waals surface area (Å²) < 4.78 is 44.4. The number of nitrogens with zero attached hydrogens (tertiary/aromatic N) is 4. The van der Waals surface area contributed by atoms with E-state index in [0.29, 0.717) is 5.56 Å². The number of aliphatic hydroxyl groups is 1. The molecule has 2 unspecified atom stereocenters. The van der Waals surface area contributed by atoms with Gasteiger partial charge in [-0.15, -0.1) is 6.42 Å². The smallest absolute Gasteiger partial charge is 0.416 e. The molecule has 0 saturated carbocycles. The van der Waals surface area contributed by atoms with Crippen LogP contribution in [-0.2, 0) is 26.9 Å². The van der Waals surface area contributed by atoms with E-state index in [1.165, 1.54) is 17.0 Å². The van der Waals surface area contributed by atoms with Crippen molar-refractivity contribution in [2.45, 2.75) is 54.9 Å². The zero-order chi connectivity index (χ0) is 29.7. The Bertz CT molecular complexity index is 1380. The van der Waals surface area contributed by atoms with Crippen molar-refractivity contribution in [3.63, 3.8) is 0 Å². The number of rotatable bonds is 6. The minimum Gasteiger partial charge on any atom is -0.440 e. The number of carbonyl (C=O) groups excluding carboxylic acids is 3. The number of ether oxygens (including phenoxy) is 1. The molecule has 5 atom stereocenters. The number of halogens is 3. The summed E-state index contributed by atoms with van der Waals surface area (Å²) in [5.41, 5.74) is 7.77. The van der Waals surface area contributed by atoms with Crippen LogP contribution < -0.4 is 22.1 Å².